The van der Waals surface area contributed by atoms with E-state index in [-0.39, 0.29) is 33.1 Å². The number of hydrogen-bond acceptors (Lipinski definition) is 6. The number of amides is 1. The van der Waals surface area contributed by atoms with Gasteiger partial charge < -0.3 is 10.6 Å². The van der Waals surface area contributed by atoms with Crippen LogP contribution < -0.4 is 16.2 Å². The summed E-state index contributed by atoms with van der Waals surface area (Å²) in [6.45, 7) is 0. The van der Waals surface area contributed by atoms with Crippen molar-refractivity contribution in [2.45, 2.75) is 42.4 Å². The van der Waals surface area contributed by atoms with Crippen LogP contribution in [-0.2, 0) is 21.7 Å². The molecule has 0 spiro atoms. The van der Waals surface area contributed by atoms with Crippen LogP contribution in [0.1, 0.15) is 37.2 Å². The van der Waals surface area contributed by atoms with Crippen molar-refractivity contribution in [3.63, 3.8) is 0 Å². The zero-order chi connectivity index (χ0) is 24.4. The molecule has 2 aromatic heterocycles. The van der Waals surface area contributed by atoms with Crippen LogP contribution in [0.5, 0.6) is 0 Å². The quantitative estimate of drug-likeness (QED) is 0.486. The summed E-state index contributed by atoms with van der Waals surface area (Å²) >= 11 is 0. The molecular formula is C22H23F2N5O4S. The first-order valence-electron chi connectivity index (χ1n) is 10.8. The lowest BCUT2D eigenvalue weighted by Gasteiger charge is -2.26. The van der Waals surface area contributed by atoms with Crippen LogP contribution in [0.25, 0.3) is 11.0 Å². The zero-order valence-electron chi connectivity index (χ0n) is 18.5. The van der Waals surface area contributed by atoms with E-state index in [2.05, 4.69) is 20.7 Å². The first kappa shape index (κ1) is 22.5. The Balaban J connectivity index is 1.56. The van der Waals surface area contributed by atoms with Gasteiger partial charge in [-0.25, -0.2) is 22.2 Å². The van der Waals surface area contributed by atoms with Crippen molar-refractivity contribution in [2.24, 2.45) is 13.0 Å². The summed E-state index contributed by atoms with van der Waals surface area (Å²) in [6, 6.07) is 6.48. The third-order valence-electron chi connectivity index (χ3n) is 6.46. The number of nitrogens with one attached hydrogen (secondary N) is 3. The maximum atomic E-state index is 13.3. The van der Waals surface area contributed by atoms with Crippen LogP contribution in [0.3, 0.4) is 0 Å². The molecule has 0 saturated heterocycles. The molecule has 2 aliphatic rings. The molecule has 180 valence electrons. The predicted molar refractivity (Wildman–Crippen MR) is 122 cm³/mol. The monoisotopic (exact) mass is 491 g/mol. The van der Waals surface area contributed by atoms with Gasteiger partial charge in [0.1, 0.15) is 17.1 Å². The Labute approximate surface area is 193 Å². The van der Waals surface area contributed by atoms with E-state index < -0.39 is 39.6 Å². The Morgan fingerprint density at radius 3 is 2.53 bits per heavy atom. The summed E-state index contributed by atoms with van der Waals surface area (Å²) in [5.41, 5.74) is 1.07. The van der Waals surface area contributed by atoms with Crippen LogP contribution in [0.2, 0.25) is 0 Å². The van der Waals surface area contributed by atoms with Crippen molar-refractivity contribution in [3.05, 3.63) is 40.2 Å². The normalized spacial score (nSPS) is 19.6. The Morgan fingerprint density at radius 1 is 1.24 bits per heavy atom. The predicted octanol–water partition coefficient (Wildman–Crippen LogP) is 3.27. The standard InChI is InChI=1S/C22H23F2N5O4S/c1-29-21(31)18-15(9-17(26-19(18)28-29)27-20(30)13-10-22(13,23)24)25-14-7-6-12(11-4-3-5-11)8-16(14)34(2,32)33/h6-9,11,13H,3-5,10H2,1-2H3,(H3,25,26,27,28,30)/t13-/m0/s1. The lowest BCUT2D eigenvalue weighted by molar-refractivity contribution is -0.119. The third-order valence-corrected chi connectivity index (χ3v) is 7.59. The molecule has 9 nitrogen and oxygen atoms in total. The number of alkyl halides is 2. The highest BCUT2D eigenvalue weighted by molar-refractivity contribution is 7.90. The fourth-order valence-corrected chi connectivity index (χ4v) is 5.05. The second-order valence-corrected chi connectivity index (χ2v) is 11.0. The van der Waals surface area contributed by atoms with E-state index in [1.165, 1.54) is 17.8 Å². The number of halogens is 2. The fourth-order valence-electron chi connectivity index (χ4n) is 4.18. The van der Waals surface area contributed by atoms with Crippen molar-refractivity contribution in [3.8, 4) is 0 Å². The van der Waals surface area contributed by atoms with Crippen LogP contribution in [0.4, 0.5) is 26.0 Å². The molecule has 2 fully saturated rings. The molecule has 12 heteroatoms. The van der Waals surface area contributed by atoms with Crippen LogP contribution in [-0.4, -0.2) is 41.3 Å². The number of carbonyl (C=O) groups excluding carboxylic acids is 1. The number of rotatable bonds is 6. The fraction of sp³-hybridized carbons (Fsp3) is 0.409. The van der Waals surface area contributed by atoms with E-state index in [0.717, 1.165) is 31.1 Å². The van der Waals surface area contributed by atoms with Gasteiger partial charge in [0.05, 0.1) is 16.3 Å². The zero-order valence-corrected chi connectivity index (χ0v) is 19.3. The molecule has 2 saturated carbocycles. The van der Waals surface area contributed by atoms with Gasteiger partial charge in [-0.2, -0.15) is 0 Å². The van der Waals surface area contributed by atoms with Gasteiger partial charge in [-0.1, -0.05) is 12.5 Å². The van der Waals surface area contributed by atoms with Gasteiger partial charge in [-0.3, -0.25) is 19.4 Å². The Kier molecular flexibility index (Phi) is 5.04. The van der Waals surface area contributed by atoms with Crippen molar-refractivity contribution in [2.75, 3.05) is 16.9 Å². The SMILES string of the molecule is Cn1[nH]c2nc(NC(=O)[C@@H]3CC3(F)F)cc(Nc3ccc(C4CCC4)cc3S(C)(=O)=O)c2c1=O. The van der Waals surface area contributed by atoms with Crippen molar-refractivity contribution in [1.29, 1.82) is 0 Å². The van der Waals surface area contributed by atoms with Gasteiger partial charge in [0.15, 0.2) is 15.5 Å². The number of aryl methyl sites for hydroxylation is 1. The number of hydrogen-bond donors (Lipinski definition) is 3. The highest BCUT2D eigenvalue weighted by Crippen LogP contribution is 2.49. The molecule has 0 radical (unpaired) electrons. The lowest BCUT2D eigenvalue weighted by Crippen LogP contribution is -2.18. The lowest BCUT2D eigenvalue weighted by atomic mass is 9.80. The minimum Gasteiger partial charge on any atom is -0.354 e. The van der Waals surface area contributed by atoms with Crippen molar-refractivity contribution >= 4 is 44.0 Å². The third kappa shape index (κ3) is 3.95. The number of fused-ring (bicyclic) bond motifs is 1. The summed E-state index contributed by atoms with van der Waals surface area (Å²) in [5, 5.41) is 8.26. The summed E-state index contributed by atoms with van der Waals surface area (Å²) in [4.78, 5) is 29.1. The second kappa shape index (κ2) is 7.62. The Morgan fingerprint density at radius 2 is 1.94 bits per heavy atom. The smallest absolute Gasteiger partial charge is 0.277 e. The van der Waals surface area contributed by atoms with Crippen molar-refractivity contribution < 1.29 is 22.0 Å². The first-order valence-corrected chi connectivity index (χ1v) is 12.7. The molecule has 2 aliphatic carbocycles. The number of aromatic nitrogens is 3. The van der Waals surface area contributed by atoms with E-state index in [1.807, 2.05) is 6.07 Å². The van der Waals surface area contributed by atoms with Gasteiger partial charge >= 0.3 is 0 Å². The molecule has 3 aromatic rings. The van der Waals surface area contributed by atoms with Crippen LogP contribution in [0, 0.1) is 5.92 Å². The van der Waals surface area contributed by atoms with Gasteiger partial charge in [0, 0.05) is 25.8 Å². The number of carbonyl (C=O) groups is 1. The number of sulfone groups is 1. The number of pyridine rings is 1. The molecule has 0 bridgehead atoms. The largest absolute Gasteiger partial charge is 0.354 e. The summed E-state index contributed by atoms with van der Waals surface area (Å²) in [5.74, 6) is -5.06. The summed E-state index contributed by atoms with van der Waals surface area (Å²) in [6.07, 6.45) is 3.69. The maximum Gasteiger partial charge on any atom is 0.277 e. The molecule has 1 amide bonds. The van der Waals surface area contributed by atoms with Gasteiger partial charge in [0.2, 0.25) is 5.91 Å². The Bertz CT molecular complexity index is 1490. The topological polar surface area (TPSA) is 126 Å². The molecule has 0 aliphatic heterocycles. The maximum absolute atomic E-state index is 13.3. The van der Waals surface area contributed by atoms with Crippen LogP contribution >= 0.6 is 0 Å². The number of aromatic amines is 1. The van der Waals surface area contributed by atoms with E-state index in [0.29, 0.717) is 5.92 Å². The van der Waals surface area contributed by atoms with Crippen LogP contribution in [0.15, 0.2) is 34.0 Å². The number of nitrogens with zero attached hydrogens (tertiary/aromatic N) is 2. The second-order valence-electron chi connectivity index (χ2n) is 9.04. The first-order chi connectivity index (χ1) is 15.9. The van der Waals surface area contributed by atoms with E-state index in [4.69, 9.17) is 0 Å². The molecule has 2 heterocycles. The molecule has 1 aromatic carbocycles. The number of benzene rings is 1. The number of anilines is 3. The molecule has 5 rings (SSSR count). The minimum absolute atomic E-state index is 0.0449. The molecule has 3 N–H and O–H groups in total. The van der Waals surface area contributed by atoms with E-state index >= 15 is 0 Å². The van der Waals surface area contributed by atoms with E-state index in [9.17, 15) is 26.8 Å². The molecular weight excluding hydrogens is 468 g/mol. The summed E-state index contributed by atoms with van der Waals surface area (Å²) < 4.78 is 52.9. The molecule has 0 unspecified atom stereocenters. The number of H-pyrrole nitrogens is 1. The van der Waals surface area contributed by atoms with E-state index in [1.54, 1.807) is 12.1 Å². The summed E-state index contributed by atoms with van der Waals surface area (Å²) in [7, 11) is -2.14. The van der Waals surface area contributed by atoms with Gasteiger partial charge in [-0.05, 0) is 36.5 Å². The molecule has 34 heavy (non-hydrogen) atoms. The highest BCUT2D eigenvalue weighted by Gasteiger charge is 2.61. The van der Waals surface area contributed by atoms with Gasteiger partial charge in [-0.15, -0.1) is 0 Å². The Hall–Kier alpha value is -3.28. The molecule has 1 atom stereocenters. The average Bonchev–Trinajstić information content (AvgIpc) is 3.24. The average molecular weight is 492 g/mol. The van der Waals surface area contributed by atoms with Crippen molar-refractivity contribution in [1.82, 2.24) is 14.8 Å². The van der Waals surface area contributed by atoms with Gasteiger partial charge in [0.25, 0.3) is 11.5 Å². The highest BCUT2D eigenvalue weighted by atomic mass is 32.2. The minimum atomic E-state index is -3.62.